The summed E-state index contributed by atoms with van der Waals surface area (Å²) in [4.78, 5) is 0. The first kappa shape index (κ1) is 9.64. The van der Waals surface area contributed by atoms with Crippen molar-refractivity contribution in [3.8, 4) is 0 Å². The third-order valence-electron chi connectivity index (χ3n) is 1.62. The fraction of sp³-hybridized carbons (Fsp3) is 0.250. The molecule has 0 heterocycles. The zero-order valence-corrected chi connectivity index (χ0v) is 8.01. The average Bonchev–Trinajstić information content (AvgIpc) is 2.03. The molecule has 1 atom stereocenters. The van der Waals surface area contributed by atoms with Gasteiger partial charge in [0.05, 0.1) is 0 Å². The van der Waals surface area contributed by atoms with E-state index in [1.807, 2.05) is 0 Å². The number of halogens is 2. The normalized spacial score (nSPS) is 13.0. The van der Waals surface area contributed by atoms with Gasteiger partial charge in [-0.05, 0) is 17.7 Å². The van der Waals surface area contributed by atoms with Crippen LogP contribution >= 0.6 is 15.9 Å². The molecule has 0 aromatic heterocycles. The Balaban J connectivity index is 3.01. The predicted molar refractivity (Wildman–Crippen MR) is 50.1 cm³/mol. The maximum absolute atomic E-state index is 12.6. The summed E-state index contributed by atoms with van der Waals surface area (Å²) < 4.78 is 13.3. The second-order valence-corrected chi connectivity index (χ2v) is 3.36. The standard InChI is InChI=1S/C8H10BrFN2/c9-7-3-5(10)1-2-6(7)8(12)4-11/h1-3,8H,4,11-12H2/t8-/m1/s1. The Morgan fingerprint density at radius 3 is 2.67 bits per heavy atom. The molecule has 0 saturated heterocycles. The van der Waals surface area contributed by atoms with Crippen LogP contribution in [-0.4, -0.2) is 6.54 Å². The molecule has 12 heavy (non-hydrogen) atoms. The quantitative estimate of drug-likeness (QED) is 0.814. The van der Waals surface area contributed by atoms with Crippen molar-refractivity contribution in [2.75, 3.05) is 6.54 Å². The van der Waals surface area contributed by atoms with Crippen LogP contribution in [0.15, 0.2) is 22.7 Å². The smallest absolute Gasteiger partial charge is 0.124 e. The first-order valence-corrected chi connectivity index (χ1v) is 4.35. The molecule has 0 bridgehead atoms. The molecule has 0 radical (unpaired) electrons. The lowest BCUT2D eigenvalue weighted by Gasteiger charge is -2.10. The average molecular weight is 233 g/mol. The van der Waals surface area contributed by atoms with Crippen LogP contribution in [0.4, 0.5) is 4.39 Å². The van der Waals surface area contributed by atoms with Gasteiger partial charge in [-0.2, -0.15) is 0 Å². The van der Waals surface area contributed by atoms with Crippen molar-refractivity contribution in [3.05, 3.63) is 34.1 Å². The van der Waals surface area contributed by atoms with Crippen LogP contribution in [0.25, 0.3) is 0 Å². The second-order valence-electron chi connectivity index (χ2n) is 2.51. The SMILES string of the molecule is NC[C@@H](N)c1ccc(F)cc1Br. The zero-order chi connectivity index (χ0) is 9.14. The van der Waals surface area contributed by atoms with Gasteiger partial charge < -0.3 is 11.5 Å². The maximum Gasteiger partial charge on any atom is 0.124 e. The topological polar surface area (TPSA) is 52.0 Å². The minimum atomic E-state index is -0.283. The molecular weight excluding hydrogens is 223 g/mol. The van der Waals surface area contributed by atoms with Crippen molar-refractivity contribution >= 4 is 15.9 Å². The van der Waals surface area contributed by atoms with E-state index in [9.17, 15) is 4.39 Å². The lowest BCUT2D eigenvalue weighted by Crippen LogP contribution is -2.21. The lowest BCUT2D eigenvalue weighted by molar-refractivity contribution is 0.623. The van der Waals surface area contributed by atoms with E-state index in [0.717, 1.165) is 5.56 Å². The van der Waals surface area contributed by atoms with Gasteiger partial charge in [-0.1, -0.05) is 22.0 Å². The molecule has 0 unspecified atom stereocenters. The molecule has 0 saturated carbocycles. The minimum absolute atomic E-state index is 0.236. The van der Waals surface area contributed by atoms with E-state index in [4.69, 9.17) is 11.5 Å². The Kier molecular flexibility index (Phi) is 3.20. The third kappa shape index (κ3) is 2.03. The van der Waals surface area contributed by atoms with Gasteiger partial charge in [0, 0.05) is 17.1 Å². The van der Waals surface area contributed by atoms with Crippen LogP contribution in [0, 0.1) is 5.82 Å². The molecule has 0 aliphatic carbocycles. The number of rotatable bonds is 2. The molecule has 0 amide bonds. The van der Waals surface area contributed by atoms with Gasteiger partial charge in [0.15, 0.2) is 0 Å². The van der Waals surface area contributed by atoms with Gasteiger partial charge in [0.25, 0.3) is 0 Å². The molecule has 66 valence electrons. The molecule has 0 aliphatic rings. The molecular formula is C8H10BrFN2. The summed E-state index contributed by atoms with van der Waals surface area (Å²) in [5.41, 5.74) is 11.9. The fourth-order valence-corrected chi connectivity index (χ4v) is 1.57. The van der Waals surface area contributed by atoms with Gasteiger partial charge in [0.1, 0.15) is 5.82 Å². The van der Waals surface area contributed by atoms with Crippen molar-refractivity contribution in [2.24, 2.45) is 11.5 Å². The molecule has 1 rings (SSSR count). The van der Waals surface area contributed by atoms with Crippen LogP contribution in [0.1, 0.15) is 11.6 Å². The minimum Gasteiger partial charge on any atom is -0.329 e. The van der Waals surface area contributed by atoms with Gasteiger partial charge in [0.2, 0.25) is 0 Å². The Labute approximate surface area is 78.9 Å². The number of hydrogen-bond acceptors (Lipinski definition) is 2. The monoisotopic (exact) mass is 232 g/mol. The number of benzene rings is 1. The highest BCUT2D eigenvalue weighted by Crippen LogP contribution is 2.22. The van der Waals surface area contributed by atoms with E-state index in [1.165, 1.54) is 12.1 Å². The Morgan fingerprint density at radius 2 is 2.17 bits per heavy atom. The van der Waals surface area contributed by atoms with Crippen molar-refractivity contribution in [2.45, 2.75) is 6.04 Å². The van der Waals surface area contributed by atoms with Crippen LogP contribution in [0.2, 0.25) is 0 Å². The second kappa shape index (κ2) is 3.98. The molecule has 0 fully saturated rings. The molecule has 2 nitrogen and oxygen atoms in total. The molecule has 0 spiro atoms. The summed E-state index contributed by atoms with van der Waals surface area (Å²) in [6, 6.07) is 4.15. The Morgan fingerprint density at radius 1 is 1.50 bits per heavy atom. The Hall–Kier alpha value is -0.450. The first-order valence-electron chi connectivity index (χ1n) is 3.55. The van der Waals surface area contributed by atoms with Crippen molar-refractivity contribution in [1.82, 2.24) is 0 Å². The predicted octanol–water partition coefficient (Wildman–Crippen LogP) is 1.55. The van der Waals surface area contributed by atoms with Gasteiger partial charge in [-0.15, -0.1) is 0 Å². The highest BCUT2D eigenvalue weighted by molar-refractivity contribution is 9.10. The lowest BCUT2D eigenvalue weighted by atomic mass is 10.1. The van der Waals surface area contributed by atoms with Crippen molar-refractivity contribution in [1.29, 1.82) is 0 Å². The summed E-state index contributed by atoms with van der Waals surface area (Å²) in [7, 11) is 0. The van der Waals surface area contributed by atoms with Gasteiger partial charge in [-0.25, -0.2) is 4.39 Å². The molecule has 0 aliphatic heterocycles. The first-order chi connectivity index (χ1) is 5.65. The van der Waals surface area contributed by atoms with E-state index >= 15 is 0 Å². The summed E-state index contributed by atoms with van der Waals surface area (Å²) in [6.07, 6.45) is 0. The largest absolute Gasteiger partial charge is 0.329 e. The van der Waals surface area contributed by atoms with Crippen LogP contribution in [0.5, 0.6) is 0 Å². The molecule has 1 aromatic carbocycles. The highest BCUT2D eigenvalue weighted by Gasteiger charge is 2.07. The van der Waals surface area contributed by atoms with Gasteiger partial charge in [-0.3, -0.25) is 0 Å². The van der Waals surface area contributed by atoms with Gasteiger partial charge >= 0.3 is 0 Å². The van der Waals surface area contributed by atoms with Crippen LogP contribution in [0.3, 0.4) is 0 Å². The van der Waals surface area contributed by atoms with E-state index < -0.39 is 0 Å². The molecule has 4 heteroatoms. The summed E-state index contributed by atoms with van der Waals surface area (Å²) in [6.45, 7) is 0.351. The van der Waals surface area contributed by atoms with Crippen molar-refractivity contribution < 1.29 is 4.39 Å². The van der Waals surface area contributed by atoms with E-state index in [1.54, 1.807) is 6.07 Å². The third-order valence-corrected chi connectivity index (χ3v) is 2.30. The molecule has 1 aromatic rings. The summed E-state index contributed by atoms with van der Waals surface area (Å²) >= 11 is 3.21. The van der Waals surface area contributed by atoms with Crippen LogP contribution < -0.4 is 11.5 Å². The van der Waals surface area contributed by atoms with E-state index in [0.29, 0.717) is 11.0 Å². The summed E-state index contributed by atoms with van der Waals surface area (Å²) in [5, 5.41) is 0. The Bertz CT molecular complexity index is 278. The highest BCUT2D eigenvalue weighted by atomic mass is 79.9. The molecule has 4 N–H and O–H groups in total. The van der Waals surface area contributed by atoms with E-state index in [2.05, 4.69) is 15.9 Å². The van der Waals surface area contributed by atoms with Crippen LogP contribution in [-0.2, 0) is 0 Å². The zero-order valence-electron chi connectivity index (χ0n) is 6.43. The summed E-state index contributed by atoms with van der Waals surface area (Å²) in [5.74, 6) is -0.283. The van der Waals surface area contributed by atoms with Crippen molar-refractivity contribution in [3.63, 3.8) is 0 Å². The maximum atomic E-state index is 12.6. The number of nitrogens with two attached hydrogens (primary N) is 2. The number of hydrogen-bond donors (Lipinski definition) is 2. The van der Waals surface area contributed by atoms with E-state index in [-0.39, 0.29) is 11.9 Å². The fourth-order valence-electron chi connectivity index (χ4n) is 0.929.